The molecule has 1 aliphatic heterocycles. The van der Waals surface area contributed by atoms with E-state index in [1.165, 1.54) is 0 Å². The number of nitrogens with zero attached hydrogens (tertiary/aromatic N) is 6. The molecule has 0 bridgehead atoms. The second-order valence-electron chi connectivity index (χ2n) is 6.37. The first-order valence-electron chi connectivity index (χ1n) is 8.70. The van der Waals surface area contributed by atoms with Crippen molar-refractivity contribution in [1.82, 2.24) is 24.5 Å². The second kappa shape index (κ2) is 7.32. The first-order valence-corrected chi connectivity index (χ1v) is 9.08. The first-order chi connectivity index (χ1) is 13.1. The molecule has 0 unspecified atom stereocenters. The van der Waals surface area contributed by atoms with Gasteiger partial charge in [-0.15, -0.1) is 5.10 Å². The molecule has 2 amide bonds. The topological polar surface area (TPSA) is 71.2 Å². The number of urea groups is 1. The smallest absolute Gasteiger partial charge is 0.323 e. The van der Waals surface area contributed by atoms with Gasteiger partial charge >= 0.3 is 6.03 Å². The number of aryl methyl sites for hydroxylation is 1. The minimum Gasteiger partial charge on any atom is -0.365 e. The molecule has 4 rings (SSSR count). The maximum atomic E-state index is 12.5. The van der Waals surface area contributed by atoms with Crippen LogP contribution < -0.4 is 10.2 Å². The lowest BCUT2D eigenvalue weighted by Crippen LogP contribution is -2.50. The second-order valence-corrected chi connectivity index (χ2v) is 6.78. The van der Waals surface area contributed by atoms with Crippen LogP contribution in [0.1, 0.15) is 0 Å². The van der Waals surface area contributed by atoms with Gasteiger partial charge in [0.15, 0.2) is 5.82 Å². The van der Waals surface area contributed by atoms with Crippen molar-refractivity contribution in [2.45, 2.75) is 0 Å². The Balaban J connectivity index is 1.36. The minimum absolute atomic E-state index is 0.148. The number of anilines is 2. The van der Waals surface area contributed by atoms with Gasteiger partial charge < -0.3 is 9.80 Å². The molecule has 1 N–H and O–H groups in total. The average Bonchev–Trinajstić information content (AvgIpc) is 3.31. The number of hydrogen-bond acceptors (Lipinski definition) is 4. The number of nitrogens with one attached hydrogen (secondary N) is 1. The molecule has 8 nitrogen and oxygen atoms in total. The molecule has 2 aromatic heterocycles. The van der Waals surface area contributed by atoms with Crippen molar-refractivity contribution in [3.63, 3.8) is 0 Å². The van der Waals surface area contributed by atoms with Gasteiger partial charge in [0, 0.05) is 51.7 Å². The van der Waals surface area contributed by atoms with E-state index in [0.717, 1.165) is 24.5 Å². The maximum absolute atomic E-state index is 12.5. The van der Waals surface area contributed by atoms with E-state index in [-0.39, 0.29) is 6.03 Å². The highest BCUT2D eigenvalue weighted by atomic mass is 35.5. The number of hydrogen-bond donors (Lipinski definition) is 1. The molecule has 27 heavy (non-hydrogen) atoms. The summed E-state index contributed by atoms with van der Waals surface area (Å²) in [5, 5.41) is 12.0. The van der Waals surface area contributed by atoms with Crippen LogP contribution in [0.25, 0.3) is 5.69 Å². The third-order valence-corrected chi connectivity index (χ3v) is 4.87. The lowest BCUT2D eigenvalue weighted by atomic mass is 10.3. The van der Waals surface area contributed by atoms with E-state index in [4.69, 9.17) is 11.6 Å². The van der Waals surface area contributed by atoms with E-state index in [1.54, 1.807) is 32.6 Å². The number of aromatic nitrogens is 4. The number of benzene rings is 1. The Bertz CT molecular complexity index is 943. The fourth-order valence-corrected chi connectivity index (χ4v) is 3.31. The lowest BCUT2D eigenvalue weighted by Gasteiger charge is -2.35. The molecule has 9 heteroatoms. The van der Waals surface area contributed by atoms with E-state index in [2.05, 4.69) is 20.4 Å². The molecule has 0 radical (unpaired) electrons. The van der Waals surface area contributed by atoms with Gasteiger partial charge in [0.25, 0.3) is 0 Å². The fourth-order valence-electron chi connectivity index (χ4n) is 3.09. The quantitative estimate of drug-likeness (QED) is 0.752. The van der Waals surface area contributed by atoms with Crippen molar-refractivity contribution in [2.24, 2.45) is 7.05 Å². The van der Waals surface area contributed by atoms with Gasteiger partial charge in [0.2, 0.25) is 0 Å². The Morgan fingerprint density at radius 3 is 2.63 bits per heavy atom. The van der Waals surface area contributed by atoms with Crippen LogP contribution >= 0.6 is 11.6 Å². The highest BCUT2D eigenvalue weighted by molar-refractivity contribution is 6.32. The first kappa shape index (κ1) is 17.4. The van der Waals surface area contributed by atoms with Crippen LogP contribution in [0.15, 0.2) is 48.9 Å². The number of amides is 2. The molecular formula is C18H20ClN7O. The molecule has 1 fully saturated rings. The number of halogens is 1. The highest BCUT2D eigenvalue weighted by Gasteiger charge is 2.22. The third-order valence-electron chi connectivity index (χ3n) is 4.55. The van der Waals surface area contributed by atoms with E-state index < -0.39 is 0 Å². The van der Waals surface area contributed by atoms with E-state index >= 15 is 0 Å². The Morgan fingerprint density at radius 1 is 1.15 bits per heavy atom. The number of rotatable bonds is 3. The van der Waals surface area contributed by atoms with Crippen LogP contribution in [-0.4, -0.2) is 56.7 Å². The molecule has 0 spiro atoms. The fraction of sp³-hybridized carbons (Fsp3) is 0.278. The number of carbonyl (C=O) groups excluding carboxylic acids is 1. The molecule has 140 valence electrons. The van der Waals surface area contributed by atoms with Crippen molar-refractivity contribution in [3.8, 4) is 5.69 Å². The Hall–Kier alpha value is -3.00. The van der Waals surface area contributed by atoms with Gasteiger partial charge in [-0.2, -0.15) is 5.10 Å². The number of para-hydroxylation sites is 1. The van der Waals surface area contributed by atoms with Crippen molar-refractivity contribution in [3.05, 3.63) is 53.9 Å². The zero-order chi connectivity index (χ0) is 18.8. The Kier molecular flexibility index (Phi) is 4.72. The highest BCUT2D eigenvalue weighted by Crippen LogP contribution is 2.20. The Labute approximate surface area is 161 Å². The number of carbonyl (C=O) groups is 1. The summed E-state index contributed by atoms with van der Waals surface area (Å²) < 4.78 is 3.43. The van der Waals surface area contributed by atoms with Crippen molar-refractivity contribution < 1.29 is 4.79 Å². The van der Waals surface area contributed by atoms with E-state index in [9.17, 15) is 4.79 Å². The predicted octanol–water partition coefficient (Wildman–Crippen LogP) is 2.61. The molecule has 0 saturated carbocycles. The van der Waals surface area contributed by atoms with Gasteiger partial charge in [-0.3, -0.25) is 10.00 Å². The molecule has 1 aromatic carbocycles. The van der Waals surface area contributed by atoms with Crippen LogP contribution in [0.2, 0.25) is 5.02 Å². The molecule has 3 heterocycles. The molecule has 3 aromatic rings. The zero-order valence-electron chi connectivity index (χ0n) is 14.9. The van der Waals surface area contributed by atoms with E-state index in [0.29, 0.717) is 23.9 Å². The standard InChI is InChI=1S/C18H20ClN7O/c1-23-13-14(12-20-23)24-8-10-25(11-9-24)18(27)21-17-6-7-26(22-17)16-5-3-2-4-15(16)19/h2-7,12-13H,8-11H2,1H3,(H,21,22,27). The van der Waals surface area contributed by atoms with Crippen LogP contribution in [0, 0.1) is 0 Å². The van der Waals surface area contributed by atoms with Crippen molar-refractivity contribution in [2.75, 3.05) is 36.4 Å². The summed E-state index contributed by atoms with van der Waals surface area (Å²) in [6.07, 6.45) is 5.60. The van der Waals surface area contributed by atoms with Gasteiger partial charge in [-0.1, -0.05) is 23.7 Å². The molecule has 1 aliphatic rings. The van der Waals surface area contributed by atoms with Gasteiger partial charge in [-0.05, 0) is 12.1 Å². The van der Waals surface area contributed by atoms with Crippen LogP contribution in [0.4, 0.5) is 16.3 Å². The summed E-state index contributed by atoms with van der Waals surface area (Å²) in [4.78, 5) is 16.6. The summed E-state index contributed by atoms with van der Waals surface area (Å²) in [7, 11) is 1.90. The van der Waals surface area contributed by atoms with Crippen LogP contribution in [0.5, 0.6) is 0 Å². The van der Waals surface area contributed by atoms with Gasteiger partial charge in [-0.25, -0.2) is 9.48 Å². The van der Waals surface area contributed by atoms with Crippen molar-refractivity contribution in [1.29, 1.82) is 0 Å². The normalized spacial score (nSPS) is 14.4. The summed E-state index contributed by atoms with van der Waals surface area (Å²) in [6, 6.07) is 9.04. The largest absolute Gasteiger partial charge is 0.365 e. The summed E-state index contributed by atoms with van der Waals surface area (Å²) in [5.74, 6) is 0.495. The van der Waals surface area contributed by atoms with E-state index in [1.807, 2.05) is 37.6 Å². The van der Waals surface area contributed by atoms with Crippen LogP contribution in [0.3, 0.4) is 0 Å². The van der Waals surface area contributed by atoms with Gasteiger partial charge in [0.1, 0.15) is 0 Å². The Morgan fingerprint density at radius 2 is 1.93 bits per heavy atom. The third kappa shape index (κ3) is 3.75. The summed E-state index contributed by atoms with van der Waals surface area (Å²) in [5.41, 5.74) is 1.85. The van der Waals surface area contributed by atoms with Crippen LogP contribution in [-0.2, 0) is 7.05 Å². The molecule has 1 saturated heterocycles. The molecule has 0 aliphatic carbocycles. The maximum Gasteiger partial charge on any atom is 0.323 e. The predicted molar refractivity (Wildman–Crippen MR) is 105 cm³/mol. The average molecular weight is 386 g/mol. The molecular weight excluding hydrogens is 366 g/mol. The minimum atomic E-state index is -0.148. The SMILES string of the molecule is Cn1cc(N2CCN(C(=O)Nc3ccn(-c4ccccc4Cl)n3)CC2)cn1. The van der Waals surface area contributed by atoms with Crippen molar-refractivity contribution >= 4 is 29.1 Å². The number of piperazine rings is 1. The molecule has 0 atom stereocenters. The summed E-state index contributed by atoms with van der Waals surface area (Å²) in [6.45, 7) is 2.83. The zero-order valence-corrected chi connectivity index (χ0v) is 15.7. The monoisotopic (exact) mass is 385 g/mol. The summed E-state index contributed by atoms with van der Waals surface area (Å²) >= 11 is 6.19. The lowest BCUT2D eigenvalue weighted by molar-refractivity contribution is 0.208. The van der Waals surface area contributed by atoms with Gasteiger partial charge in [0.05, 0.1) is 22.6 Å².